The van der Waals surface area contributed by atoms with Crippen LogP contribution in [0.25, 0.3) is 0 Å². The zero-order valence-electron chi connectivity index (χ0n) is 10.5. The van der Waals surface area contributed by atoms with Gasteiger partial charge < -0.3 is 10.1 Å². The Labute approximate surface area is 103 Å². The lowest BCUT2D eigenvalue weighted by molar-refractivity contribution is 0.201. The molecule has 0 amide bonds. The van der Waals surface area contributed by atoms with Gasteiger partial charge in [-0.3, -0.25) is 0 Å². The molecular weight excluding hydrogens is 214 g/mol. The number of rotatable bonds is 5. The molecule has 0 bridgehead atoms. The number of nitrogens with zero attached hydrogens (tertiary/aromatic N) is 2. The van der Waals surface area contributed by atoms with Gasteiger partial charge in [0.15, 0.2) is 0 Å². The highest BCUT2D eigenvalue weighted by Gasteiger charge is 2.14. The Kier molecular flexibility index (Phi) is 4.74. The van der Waals surface area contributed by atoms with Crippen molar-refractivity contribution in [2.24, 2.45) is 5.92 Å². The van der Waals surface area contributed by atoms with E-state index in [1.165, 1.54) is 32.1 Å². The van der Waals surface area contributed by atoms with Crippen LogP contribution in [0.4, 0.5) is 0 Å². The molecule has 1 aliphatic rings. The summed E-state index contributed by atoms with van der Waals surface area (Å²) in [7, 11) is 1.90. The molecule has 0 spiro atoms. The van der Waals surface area contributed by atoms with Crippen LogP contribution in [0, 0.1) is 5.92 Å². The van der Waals surface area contributed by atoms with E-state index in [0.29, 0.717) is 11.8 Å². The minimum Gasteiger partial charge on any atom is -0.476 e. The predicted molar refractivity (Wildman–Crippen MR) is 66.9 cm³/mol. The largest absolute Gasteiger partial charge is 0.476 e. The lowest BCUT2D eigenvalue weighted by Gasteiger charge is -2.21. The molecule has 17 heavy (non-hydrogen) atoms. The number of nitrogens with one attached hydrogen (secondary N) is 1. The average Bonchev–Trinajstić information content (AvgIpc) is 2.40. The Morgan fingerprint density at radius 3 is 2.71 bits per heavy atom. The molecular formula is C13H21N3O. The molecule has 4 nitrogen and oxygen atoms in total. The number of aromatic nitrogens is 2. The van der Waals surface area contributed by atoms with Gasteiger partial charge in [-0.05, 0) is 31.9 Å². The molecule has 1 heterocycles. The van der Waals surface area contributed by atoms with Crippen molar-refractivity contribution in [1.82, 2.24) is 15.5 Å². The summed E-state index contributed by atoms with van der Waals surface area (Å²) < 4.78 is 5.68. The van der Waals surface area contributed by atoms with Crippen molar-refractivity contribution in [1.29, 1.82) is 0 Å². The van der Waals surface area contributed by atoms with Gasteiger partial charge in [0.2, 0.25) is 5.88 Å². The summed E-state index contributed by atoms with van der Waals surface area (Å²) in [5, 5.41) is 11.2. The molecule has 1 aromatic heterocycles. The maximum atomic E-state index is 5.68. The Bertz CT molecular complexity index is 320. The van der Waals surface area contributed by atoms with Crippen molar-refractivity contribution in [2.45, 2.75) is 38.6 Å². The van der Waals surface area contributed by atoms with Gasteiger partial charge >= 0.3 is 0 Å². The third kappa shape index (κ3) is 3.97. The second kappa shape index (κ2) is 6.55. The topological polar surface area (TPSA) is 47.0 Å². The van der Waals surface area contributed by atoms with Crippen LogP contribution in [0.15, 0.2) is 12.1 Å². The maximum Gasteiger partial charge on any atom is 0.233 e. The number of hydrogen-bond donors (Lipinski definition) is 1. The van der Waals surface area contributed by atoms with E-state index in [1.807, 2.05) is 19.2 Å². The average molecular weight is 235 g/mol. The Morgan fingerprint density at radius 1 is 1.24 bits per heavy atom. The van der Waals surface area contributed by atoms with Crippen molar-refractivity contribution < 1.29 is 4.74 Å². The molecule has 0 aliphatic heterocycles. The summed E-state index contributed by atoms with van der Waals surface area (Å²) in [6.07, 6.45) is 6.67. The first-order valence-electron chi connectivity index (χ1n) is 6.48. The fourth-order valence-corrected chi connectivity index (χ4v) is 2.26. The first-order valence-corrected chi connectivity index (χ1v) is 6.48. The van der Waals surface area contributed by atoms with E-state index in [9.17, 15) is 0 Å². The molecule has 0 atom stereocenters. The molecule has 1 aliphatic carbocycles. The smallest absolute Gasteiger partial charge is 0.233 e. The summed E-state index contributed by atoms with van der Waals surface area (Å²) in [6, 6.07) is 3.86. The van der Waals surface area contributed by atoms with Crippen LogP contribution in [0.3, 0.4) is 0 Å². The van der Waals surface area contributed by atoms with Crippen LogP contribution in [0.1, 0.15) is 37.8 Å². The molecule has 0 radical (unpaired) electrons. The van der Waals surface area contributed by atoms with E-state index in [2.05, 4.69) is 15.5 Å². The first kappa shape index (κ1) is 12.3. The molecule has 2 rings (SSSR count). The van der Waals surface area contributed by atoms with Crippen LogP contribution in [-0.4, -0.2) is 23.9 Å². The van der Waals surface area contributed by atoms with E-state index in [0.717, 1.165) is 18.8 Å². The second-order valence-electron chi connectivity index (χ2n) is 4.71. The van der Waals surface area contributed by atoms with Crippen LogP contribution in [0.2, 0.25) is 0 Å². The number of ether oxygens (including phenoxy) is 1. The highest BCUT2D eigenvalue weighted by Crippen LogP contribution is 2.24. The maximum absolute atomic E-state index is 5.68. The summed E-state index contributed by atoms with van der Waals surface area (Å²) in [5.74, 6) is 1.36. The SMILES string of the molecule is CNCc1ccc(OCC2CCCCC2)nn1. The molecule has 0 aromatic carbocycles. The van der Waals surface area contributed by atoms with Crippen molar-refractivity contribution in [2.75, 3.05) is 13.7 Å². The highest BCUT2D eigenvalue weighted by atomic mass is 16.5. The molecule has 0 saturated heterocycles. The Balaban J connectivity index is 1.77. The molecule has 1 saturated carbocycles. The summed E-state index contributed by atoms with van der Waals surface area (Å²) in [6.45, 7) is 1.54. The van der Waals surface area contributed by atoms with Gasteiger partial charge in [-0.1, -0.05) is 19.3 Å². The van der Waals surface area contributed by atoms with Gasteiger partial charge in [-0.2, -0.15) is 5.10 Å². The van der Waals surface area contributed by atoms with Crippen molar-refractivity contribution >= 4 is 0 Å². The lowest BCUT2D eigenvalue weighted by Crippen LogP contribution is -2.16. The standard InChI is InChI=1S/C13H21N3O/c1-14-9-12-7-8-13(16-15-12)17-10-11-5-3-2-4-6-11/h7-8,11,14H,2-6,9-10H2,1H3. The molecule has 1 fully saturated rings. The van der Waals surface area contributed by atoms with E-state index in [-0.39, 0.29) is 0 Å². The summed E-state index contributed by atoms with van der Waals surface area (Å²) >= 11 is 0. The predicted octanol–water partition coefficient (Wildman–Crippen LogP) is 2.16. The Morgan fingerprint density at radius 2 is 2.06 bits per heavy atom. The molecule has 1 aromatic rings. The normalized spacial score (nSPS) is 17.0. The summed E-state index contributed by atoms with van der Waals surface area (Å²) in [4.78, 5) is 0. The first-order chi connectivity index (χ1) is 8.38. The van der Waals surface area contributed by atoms with Crippen molar-refractivity contribution in [3.05, 3.63) is 17.8 Å². The van der Waals surface area contributed by atoms with Gasteiger partial charge in [0.1, 0.15) is 0 Å². The van der Waals surface area contributed by atoms with E-state index in [1.54, 1.807) is 0 Å². The number of hydrogen-bond acceptors (Lipinski definition) is 4. The van der Waals surface area contributed by atoms with Gasteiger partial charge in [-0.25, -0.2) is 0 Å². The van der Waals surface area contributed by atoms with E-state index < -0.39 is 0 Å². The zero-order chi connectivity index (χ0) is 11.9. The Hall–Kier alpha value is -1.16. The fourth-order valence-electron chi connectivity index (χ4n) is 2.26. The van der Waals surface area contributed by atoms with Gasteiger partial charge in [0.05, 0.1) is 12.3 Å². The van der Waals surface area contributed by atoms with Gasteiger partial charge in [0, 0.05) is 12.6 Å². The molecule has 94 valence electrons. The molecule has 0 unspecified atom stereocenters. The quantitative estimate of drug-likeness (QED) is 0.849. The van der Waals surface area contributed by atoms with Gasteiger partial charge in [0.25, 0.3) is 0 Å². The molecule has 4 heteroatoms. The van der Waals surface area contributed by atoms with Crippen molar-refractivity contribution in [3.63, 3.8) is 0 Å². The third-order valence-corrected chi connectivity index (χ3v) is 3.24. The van der Waals surface area contributed by atoms with Crippen molar-refractivity contribution in [3.8, 4) is 5.88 Å². The summed E-state index contributed by atoms with van der Waals surface area (Å²) in [5.41, 5.74) is 0.942. The van der Waals surface area contributed by atoms with Crippen LogP contribution in [0.5, 0.6) is 5.88 Å². The lowest BCUT2D eigenvalue weighted by atomic mass is 9.90. The van der Waals surface area contributed by atoms with E-state index >= 15 is 0 Å². The van der Waals surface area contributed by atoms with Gasteiger partial charge in [-0.15, -0.1) is 5.10 Å². The third-order valence-electron chi connectivity index (χ3n) is 3.24. The van der Waals surface area contributed by atoms with Crippen LogP contribution >= 0.6 is 0 Å². The molecule has 1 N–H and O–H groups in total. The van der Waals surface area contributed by atoms with Crippen LogP contribution < -0.4 is 10.1 Å². The highest BCUT2D eigenvalue weighted by molar-refractivity contribution is 5.11. The zero-order valence-corrected chi connectivity index (χ0v) is 10.5. The minimum atomic E-state index is 0.649. The monoisotopic (exact) mass is 235 g/mol. The van der Waals surface area contributed by atoms with E-state index in [4.69, 9.17) is 4.74 Å². The fraction of sp³-hybridized carbons (Fsp3) is 0.692. The second-order valence-corrected chi connectivity index (χ2v) is 4.71. The minimum absolute atomic E-state index is 0.649. The van der Waals surface area contributed by atoms with Crippen LogP contribution in [-0.2, 0) is 6.54 Å².